The number of nitrogens with one attached hydrogen (secondary N) is 1. The maximum atomic E-state index is 13.0. The first kappa shape index (κ1) is 18.7. The van der Waals surface area contributed by atoms with Gasteiger partial charge in [-0.05, 0) is 32.7 Å². The first-order valence-electron chi connectivity index (χ1n) is 9.51. The molecule has 0 aliphatic carbocycles. The molecule has 4 heteroatoms. The van der Waals surface area contributed by atoms with Crippen molar-refractivity contribution in [1.29, 1.82) is 0 Å². The zero-order valence-corrected chi connectivity index (χ0v) is 16.0. The van der Waals surface area contributed by atoms with Crippen molar-refractivity contribution in [3.8, 4) is 0 Å². The van der Waals surface area contributed by atoms with Crippen LogP contribution in [-0.2, 0) is 9.59 Å². The highest BCUT2D eigenvalue weighted by Crippen LogP contribution is 2.39. The summed E-state index contributed by atoms with van der Waals surface area (Å²) in [4.78, 5) is 25.6. The van der Waals surface area contributed by atoms with E-state index in [1.165, 1.54) is 0 Å². The van der Waals surface area contributed by atoms with Gasteiger partial charge < -0.3 is 10.4 Å². The number of likely N-dealkylation sites (N-methyl/N-ethyl adjacent to an activating group) is 1. The van der Waals surface area contributed by atoms with Gasteiger partial charge in [-0.25, -0.2) is 0 Å². The first-order valence-corrected chi connectivity index (χ1v) is 9.51. The smallest absolute Gasteiger partial charge is 0.312 e. The van der Waals surface area contributed by atoms with E-state index in [-0.39, 0.29) is 5.91 Å². The van der Waals surface area contributed by atoms with Crippen LogP contribution < -0.4 is 5.32 Å². The average molecular weight is 383 g/mol. The molecule has 4 aromatic carbocycles. The fourth-order valence-corrected chi connectivity index (χ4v) is 4.13. The van der Waals surface area contributed by atoms with Crippen LogP contribution in [0.3, 0.4) is 0 Å². The lowest BCUT2D eigenvalue weighted by Crippen LogP contribution is -2.33. The van der Waals surface area contributed by atoms with E-state index < -0.39 is 17.8 Å². The Morgan fingerprint density at radius 3 is 1.62 bits per heavy atom. The minimum Gasteiger partial charge on any atom is -0.481 e. The van der Waals surface area contributed by atoms with Crippen LogP contribution in [0.4, 0.5) is 0 Å². The lowest BCUT2D eigenvalue weighted by Gasteiger charge is -2.26. The Bertz CT molecular complexity index is 1200. The maximum Gasteiger partial charge on any atom is 0.312 e. The Labute approximate surface area is 168 Å². The summed E-state index contributed by atoms with van der Waals surface area (Å²) in [6.45, 7) is 0. The molecule has 0 saturated carbocycles. The molecule has 0 bridgehead atoms. The van der Waals surface area contributed by atoms with Gasteiger partial charge in [0.15, 0.2) is 0 Å². The standard InChI is InChI=1S/C25H21NO3/c1-26-24(27)22(20-14-6-10-16-8-2-4-12-18(16)20)23(25(28)29)21-15-7-11-17-9-3-5-13-19(17)21/h2-15,22-23H,1H3,(H,26,27)(H,28,29)/t22-,23-/m1/s1. The SMILES string of the molecule is CNC(=O)[C@H](c1cccc2ccccc12)[C@H](C(=O)O)c1cccc2ccccc12. The van der Waals surface area contributed by atoms with E-state index in [2.05, 4.69) is 5.32 Å². The molecule has 29 heavy (non-hydrogen) atoms. The summed E-state index contributed by atoms with van der Waals surface area (Å²) in [5.41, 5.74) is 1.35. The zero-order chi connectivity index (χ0) is 20.4. The Morgan fingerprint density at radius 1 is 0.690 bits per heavy atom. The molecule has 0 radical (unpaired) electrons. The van der Waals surface area contributed by atoms with Gasteiger partial charge in [0, 0.05) is 7.05 Å². The van der Waals surface area contributed by atoms with E-state index in [4.69, 9.17) is 0 Å². The van der Waals surface area contributed by atoms with Gasteiger partial charge in [0.1, 0.15) is 0 Å². The zero-order valence-electron chi connectivity index (χ0n) is 16.0. The summed E-state index contributed by atoms with van der Waals surface area (Å²) in [6.07, 6.45) is 0. The van der Waals surface area contributed by atoms with Gasteiger partial charge in [-0.15, -0.1) is 0 Å². The third-order valence-corrected chi connectivity index (χ3v) is 5.45. The summed E-state index contributed by atoms with van der Waals surface area (Å²) in [5.74, 6) is -3.23. The molecule has 2 N–H and O–H groups in total. The molecule has 0 saturated heterocycles. The molecule has 4 nitrogen and oxygen atoms in total. The van der Waals surface area contributed by atoms with Gasteiger partial charge in [-0.2, -0.15) is 0 Å². The van der Waals surface area contributed by atoms with E-state index in [1.54, 1.807) is 7.05 Å². The number of carbonyl (C=O) groups is 2. The summed E-state index contributed by atoms with van der Waals surface area (Å²) in [6, 6.07) is 26.7. The molecule has 0 unspecified atom stereocenters. The largest absolute Gasteiger partial charge is 0.481 e. The number of carboxylic acid groups (broad SMARTS) is 1. The number of rotatable bonds is 5. The monoisotopic (exact) mass is 383 g/mol. The van der Waals surface area contributed by atoms with Gasteiger partial charge in [-0.1, -0.05) is 84.9 Å². The van der Waals surface area contributed by atoms with E-state index in [0.717, 1.165) is 21.5 Å². The van der Waals surface area contributed by atoms with Crippen LogP contribution >= 0.6 is 0 Å². The predicted octanol–water partition coefficient (Wildman–Crippen LogP) is 4.69. The number of aliphatic carboxylic acids is 1. The number of benzene rings is 4. The molecule has 0 aliphatic rings. The van der Waals surface area contributed by atoms with E-state index in [9.17, 15) is 14.7 Å². The number of amides is 1. The van der Waals surface area contributed by atoms with Crippen molar-refractivity contribution in [2.75, 3.05) is 7.05 Å². The van der Waals surface area contributed by atoms with E-state index in [0.29, 0.717) is 11.1 Å². The highest BCUT2D eigenvalue weighted by molar-refractivity contribution is 5.99. The Kier molecular flexibility index (Phi) is 5.00. The number of carboxylic acids is 1. The predicted molar refractivity (Wildman–Crippen MR) is 115 cm³/mol. The summed E-state index contributed by atoms with van der Waals surface area (Å²) < 4.78 is 0. The van der Waals surface area contributed by atoms with Crippen LogP contribution in [0.2, 0.25) is 0 Å². The Hall–Kier alpha value is -3.66. The van der Waals surface area contributed by atoms with Crippen LogP contribution in [0.1, 0.15) is 23.0 Å². The second-order valence-electron chi connectivity index (χ2n) is 7.04. The normalized spacial score (nSPS) is 13.1. The molecule has 0 fully saturated rings. The molecule has 0 aliphatic heterocycles. The van der Waals surface area contributed by atoms with Crippen molar-refractivity contribution in [2.24, 2.45) is 0 Å². The molecule has 0 spiro atoms. The van der Waals surface area contributed by atoms with E-state index >= 15 is 0 Å². The average Bonchev–Trinajstić information content (AvgIpc) is 2.76. The van der Waals surface area contributed by atoms with Gasteiger partial charge in [0.25, 0.3) is 0 Å². The quantitative estimate of drug-likeness (QED) is 0.525. The van der Waals surface area contributed by atoms with Crippen molar-refractivity contribution >= 4 is 33.4 Å². The van der Waals surface area contributed by atoms with Crippen molar-refractivity contribution in [3.05, 3.63) is 96.1 Å². The van der Waals surface area contributed by atoms with Crippen LogP contribution in [0, 0.1) is 0 Å². The van der Waals surface area contributed by atoms with Crippen molar-refractivity contribution < 1.29 is 14.7 Å². The van der Waals surface area contributed by atoms with Crippen molar-refractivity contribution in [1.82, 2.24) is 5.32 Å². The second kappa shape index (κ2) is 7.76. The minimum absolute atomic E-state index is 0.318. The lowest BCUT2D eigenvalue weighted by molar-refractivity contribution is -0.141. The molecule has 2 atom stereocenters. The fourth-order valence-electron chi connectivity index (χ4n) is 4.13. The Morgan fingerprint density at radius 2 is 1.14 bits per heavy atom. The summed E-state index contributed by atoms with van der Waals surface area (Å²) in [5, 5.41) is 16.6. The number of fused-ring (bicyclic) bond motifs is 2. The molecule has 4 rings (SSSR count). The third kappa shape index (κ3) is 3.34. The van der Waals surface area contributed by atoms with Crippen LogP contribution in [0.15, 0.2) is 84.9 Å². The molecule has 1 amide bonds. The van der Waals surface area contributed by atoms with Crippen molar-refractivity contribution in [2.45, 2.75) is 11.8 Å². The highest BCUT2D eigenvalue weighted by Gasteiger charge is 2.37. The molecular weight excluding hydrogens is 362 g/mol. The molecule has 144 valence electrons. The van der Waals surface area contributed by atoms with Gasteiger partial charge >= 0.3 is 5.97 Å². The van der Waals surface area contributed by atoms with Gasteiger partial charge in [0.2, 0.25) is 5.91 Å². The minimum atomic E-state index is -1.03. The maximum absolute atomic E-state index is 13.0. The molecule has 0 heterocycles. The summed E-state index contributed by atoms with van der Waals surface area (Å²) >= 11 is 0. The fraction of sp³-hybridized carbons (Fsp3) is 0.120. The highest BCUT2D eigenvalue weighted by atomic mass is 16.4. The number of hydrogen-bond acceptors (Lipinski definition) is 2. The Balaban J connectivity index is 2.00. The molecule has 4 aromatic rings. The van der Waals surface area contributed by atoms with E-state index in [1.807, 2.05) is 84.9 Å². The molecule has 0 aromatic heterocycles. The van der Waals surface area contributed by atoms with Gasteiger partial charge in [0.05, 0.1) is 11.8 Å². The van der Waals surface area contributed by atoms with Crippen LogP contribution in [0.5, 0.6) is 0 Å². The third-order valence-electron chi connectivity index (χ3n) is 5.45. The van der Waals surface area contributed by atoms with Gasteiger partial charge in [-0.3, -0.25) is 9.59 Å². The second-order valence-corrected chi connectivity index (χ2v) is 7.04. The van der Waals surface area contributed by atoms with Crippen LogP contribution in [-0.4, -0.2) is 24.0 Å². The van der Waals surface area contributed by atoms with Crippen molar-refractivity contribution in [3.63, 3.8) is 0 Å². The lowest BCUT2D eigenvalue weighted by atomic mass is 9.77. The number of hydrogen-bond donors (Lipinski definition) is 2. The molecular formula is C25H21NO3. The van der Waals surface area contributed by atoms with Crippen LogP contribution in [0.25, 0.3) is 21.5 Å². The first-order chi connectivity index (χ1) is 14.1. The summed E-state index contributed by atoms with van der Waals surface area (Å²) in [7, 11) is 1.54. The topological polar surface area (TPSA) is 66.4 Å². The number of carbonyl (C=O) groups excluding carboxylic acids is 1.